The number of benzene rings is 1. The topological polar surface area (TPSA) is 68.7 Å². The molecule has 1 aromatic heterocycles. The van der Waals surface area contributed by atoms with E-state index in [1.165, 1.54) is 12.0 Å². The highest BCUT2D eigenvalue weighted by molar-refractivity contribution is 7.09. The largest absolute Gasteiger partial charge is 0.479 e. The van der Waals surface area contributed by atoms with Gasteiger partial charge < -0.3 is 9.47 Å². The molecule has 2 heterocycles. The van der Waals surface area contributed by atoms with Crippen LogP contribution in [0.1, 0.15) is 11.9 Å². The Hall–Kier alpha value is -2.41. The highest BCUT2D eigenvalue weighted by atomic mass is 32.1. The number of esters is 1. The van der Waals surface area contributed by atoms with Crippen LogP contribution in [0.2, 0.25) is 0 Å². The van der Waals surface area contributed by atoms with Crippen LogP contribution in [0.15, 0.2) is 23.6 Å². The molecule has 6 nitrogen and oxygen atoms in total. The standard InChI is InChI=1S/C16H16N2O4S/c1-9-16(20)18(7-15(19)21-3)13-6-11(4-5-14(13)22-9)12-8-23-10(2)17-12/h4-6,8-9H,7H2,1-3H3. The zero-order valence-corrected chi connectivity index (χ0v) is 13.8. The number of carbonyl (C=O) groups is 2. The lowest BCUT2D eigenvalue weighted by molar-refractivity contribution is -0.140. The lowest BCUT2D eigenvalue weighted by atomic mass is 10.1. The first-order chi connectivity index (χ1) is 11.0. The first-order valence-corrected chi connectivity index (χ1v) is 7.99. The minimum absolute atomic E-state index is 0.143. The highest BCUT2D eigenvalue weighted by Crippen LogP contribution is 2.37. The van der Waals surface area contributed by atoms with Crippen molar-refractivity contribution in [2.45, 2.75) is 20.0 Å². The Morgan fingerprint density at radius 3 is 2.91 bits per heavy atom. The molecule has 1 unspecified atom stereocenters. The summed E-state index contributed by atoms with van der Waals surface area (Å²) in [6, 6.07) is 5.51. The fourth-order valence-corrected chi connectivity index (χ4v) is 3.04. The van der Waals surface area contributed by atoms with Gasteiger partial charge in [-0.2, -0.15) is 0 Å². The van der Waals surface area contributed by atoms with E-state index in [2.05, 4.69) is 9.72 Å². The van der Waals surface area contributed by atoms with Crippen molar-refractivity contribution in [1.82, 2.24) is 4.98 Å². The second-order valence-corrected chi connectivity index (χ2v) is 6.26. The molecule has 120 valence electrons. The quantitative estimate of drug-likeness (QED) is 0.807. The van der Waals surface area contributed by atoms with Crippen molar-refractivity contribution in [3.8, 4) is 17.0 Å². The van der Waals surface area contributed by atoms with Gasteiger partial charge in [0.15, 0.2) is 6.10 Å². The number of ether oxygens (including phenoxy) is 2. The number of hydrogen-bond acceptors (Lipinski definition) is 6. The molecule has 0 bridgehead atoms. The molecule has 0 aliphatic carbocycles. The number of thiazole rings is 1. The smallest absolute Gasteiger partial charge is 0.325 e. The predicted octanol–water partition coefficient (Wildman–Crippen LogP) is 2.41. The summed E-state index contributed by atoms with van der Waals surface area (Å²) in [5, 5.41) is 2.92. The third-order valence-electron chi connectivity index (χ3n) is 3.60. The summed E-state index contributed by atoms with van der Waals surface area (Å²) in [5.41, 5.74) is 2.26. The molecule has 3 rings (SSSR count). The van der Waals surface area contributed by atoms with E-state index in [1.54, 1.807) is 24.3 Å². The Morgan fingerprint density at radius 1 is 1.48 bits per heavy atom. The van der Waals surface area contributed by atoms with E-state index in [4.69, 9.17) is 4.74 Å². The van der Waals surface area contributed by atoms with Crippen LogP contribution >= 0.6 is 11.3 Å². The van der Waals surface area contributed by atoms with Gasteiger partial charge in [0.25, 0.3) is 5.91 Å². The van der Waals surface area contributed by atoms with Crippen molar-refractivity contribution in [1.29, 1.82) is 0 Å². The van der Waals surface area contributed by atoms with Crippen LogP contribution in [0.5, 0.6) is 5.75 Å². The number of aromatic nitrogens is 1. The summed E-state index contributed by atoms with van der Waals surface area (Å²) in [5.74, 6) is -0.181. The van der Waals surface area contributed by atoms with Crippen LogP contribution in [0.25, 0.3) is 11.3 Å². The monoisotopic (exact) mass is 332 g/mol. The maximum absolute atomic E-state index is 12.4. The molecule has 0 radical (unpaired) electrons. The van der Waals surface area contributed by atoms with E-state index >= 15 is 0 Å². The summed E-state index contributed by atoms with van der Waals surface area (Å²) in [6.45, 7) is 3.45. The Kier molecular flexibility index (Phi) is 4.04. The van der Waals surface area contributed by atoms with Crippen LogP contribution in [0.3, 0.4) is 0 Å². The lowest BCUT2D eigenvalue weighted by Gasteiger charge is -2.32. The maximum Gasteiger partial charge on any atom is 0.325 e. The molecule has 0 N–H and O–H groups in total. The van der Waals surface area contributed by atoms with Crippen LogP contribution in [-0.4, -0.2) is 36.6 Å². The summed E-state index contributed by atoms with van der Waals surface area (Å²) in [4.78, 5) is 29.9. The predicted molar refractivity (Wildman–Crippen MR) is 86.7 cm³/mol. The van der Waals surface area contributed by atoms with E-state index < -0.39 is 12.1 Å². The fourth-order valence-electron chi connectivity index (χ4n) is 2.42. The molecule has 0 saturated heterocycles. The van der Waals surface area contributed by atoms with Gasteiger partial charge in [-0.05, 0) is 32.0 Å². The molecule has 1 atom stereocenters. The van der Waals surface area contributed by atoms with Gasteiger partial charge in [-0.1, -0.05) is 0 Å². The third kappa shape index (κ3) is 2.92. The summed E-state index contributed by atoms with van der Waals surface area (Å²) >= 11 is 1.56. The number of rotatable bonds is 3. The van der Waals surface area contributed by atoms with Gasteiger partial charge in [0.05, 0.1) is 23.5 Å². The summed E-state index contributed by atoms with van der Waals surface area (Å²) < 4.78 is 10.3. The van der Waals surface area contributed by atoms with Crippen molar-refractivity contribution in [3.63, 3.8) is 0 Å². The van der Waals surface area contributed by atoms with Gasteiger partial charge in [0.1, 0.15) is 12.3 Å². The second kappa shape index (κ2) is 6.00. The van der Waals surface area contributed by atoms with Crippen molar-refractivity contribution < 1.29 is 19.1 Å². The Bertz CT molecular complexity index is 771. The molecule has 0 saturated carbocycles. The zero-order chi connectivity index (χ0) is 16.6. The average Bonchev–Trinajstić information content (AvgIpc) is 2.97. The molecule has 1 aliphatic rings. The number of hydrogen-bond donors (Lipinski definition) is 0. The van der Waals surface area contributed by atoms with E-state index in [1.807, 2.05) is 24.4 Å². The Balaban J connectivity index is 2.03. The first-order valence-electron chi connectivity index (χ1n) is 7.11. The van der Waals surface area contributed by atoms with Gasteiger partial charge >= 0.3 is 5.97 Å². The van der Waals surface area contributed by atoms with Gasteiger partial charge in [0.2, 0.25) is 0 Å². The SMILES string of the molecule is COC(=O)CN1C(=O)C(C)Oc2ccc(-c3csc(C)n3)cc21. The van der Waals surface area contributed by atoms with Crippen molar-refractivity contribution in [2.75, 3.05) is 18.6 Å². The number of methoxy groups -OCH3 is 1. The molecule has 7 heteroatoms. The Morgan fingerprint density at radius 2 is 2.26 bits per heavy atom. The number of carbonyl (C=O) groups excluding carboxylic acids is 2. The molecule has 2 aromatic rings. The van der Waals surface area contributed by atoms with E-state index in [0.29, 0.717) is 11.4 Å². The molecule has 1 aliphatic heterocycles. The second-order valence-electron chi connectivity index (χ2n) is 5.19. The molecule has 0 spiro atoms. The van der Waals surface area contributed by atoms with Gasteiger partial charge in [0, 0.05) is 10.9 Å². The zero-order valence-electron chi connectivity index (χ0n) is 13.0. The van der Waals surface area contributed by atoms with Gasteiger partial charge in [-0.15, -0.1) is 11.3 Å². The van der Waals surface area contributed by atoms with Crippen LogP contribution in [0, 0.1) is 6.92 Å². The van der Waals surface area contributed by atoms with E-state index in [9.17, 15) is 9.59 Å². The van der Waals surface area contributed by atoms with Crippen molar-refractivity contribution in [3.05, 3.63) is 28.6 Å². The van der Waals surface area contributed by atoms with E-state index in [0.717, 1.165) is 16.3 Å². The first kappa shape index (κ1) is 15.5. The lowest BCUT2D eigenvalue weighted by Crippen LogP contribution is -2.46. The van der Waals surface area contributed by atoms with Crippen LogP contribution < -0.4 is 9.64 Å². The van der Waals surface area contributed by atoms with Gasteiger partial charge in [-0.3, -0.25) is 14.5 Å². The number of aryl methyl sites for hydroxylation is 1. The number of amides is 1. The molecule has 1 amide bonds. The minimum Gasteiger partial charge on any atom is -0.479 e. The summed E-state index contributed by atoms with van der Waals surface area (Å²) in [7, 11) is 1.30. The van der Waals surface area contributed by atoms with E-state index in [-0.39, 0.29) is 12.5 Å². The van der Waals surface area contributed by atoms with Crippen molar-refractivity contribution >= 4 is 28.9 Å². The third-order valence-corrected chi connectivity index (χ3v) is 4.37. The average molecular weight is 332 g/mol. The maximum atomic E-state index is 12.4. The normalized spacial score (nSPS) is 16.7. The molecule has 0 fully saturated rings. The number of nitrogens with zero attached hydrogens (tertiary/aromatic N) is 2. The highest BCUT2D eigenvalue weighted by Gasteiger charge is 2.33. The van der Waals surface area contributed by atoms with Gasteiger partial charge in [-0.25, -0.2) is 4.98 Å². The number of anilines is 1. The van der Waals surface area contributed by atoms with Crippen LogP contribution in [-0.2, 0) is 14.3 Å². The Labute approximate surface area is 137 Å². The summed E-state index contributed by atoms with van der Waals surface area (Å²) in [6.07, 6.45) is -0.639. The minimum atomic E-state index is -0.639. The van der Waals surface area contributed by atoms with Crippen LogP contribution in [0.4, 0.5) is 5.69 Å². The molecular formula is C16H16N2O4S. The van der Waals surface area contributed by atoms with Crippen molar-refractivity contribution in [2.24, 2.45) is 0 Å². The fraction of sp³-hybridized carbons (Fsp3) is 0.312. The molecule has 1 aromatic carbocycles. The number of fused-ring (bicyclic) bond motifs is 1. The molecule has 23 heavy (non-hydrogen) atoms. The molecular weight excluding hydrogens is 316 g/mol.